The number of carbonyl (C=O) groups is 4. The third kappa shape index (κ3) is 4.51. The van der Waals surface area contributed by atoms with Gasteiger partial charge in [-0.1, -0.05) is 23.9 Å². The van der Waals surface area contributed by atoms with Gasteiger partial charge in [0.15, 0.2) is 17.6 Å². The summed E-state index contributed by atoms with van der Waals surface area (Å²) in [7, 11) is 0. The summed E-state index contributed by atoms with van der Waals surface area (Å²) in [4.78, 5) is 48.2. The Balaban J connectivity index is 1.43. The van der Waals surface area contributed by atoms with Gasteiger partial charge in [-0.25, -0.2) is 4.79 Å². The van der Waals surface area contributed by atoms with Crippen LogP contribution >= 0.6 is 11.8 Å². The summed E-state index contributed by atoms with van der Waals surface area (Å²) in [5.41, 5.74) is 0. The molecule has 0 unspecified atom stereocenters. The molecule has 0 radical (unpaired) electrons. The number of thioether (sulfide) groups is 1. The number of hydrogen-bond acceptors (Lipinski definition) is 8. The highest BCUT2D eigenvalue weighted by atomic mass is 32.2. The van der Waals surface area contributed by atoms with Crippen LogP contribution in [0.4, 0.5) is 4.79 Å². The quantitative estimate of drug-likeness (QED) is 0.697. The number of imide groups is 1. The molecule has 2 heterocycles. The lowest BCUT2D eigenvalue weighted by atomic mass is 10.2. The summed E-state index contributed by atoms with van der Waals surface area (Å²) in [6.45, 7) is 1.57. The fourth-order valence-electron chi connectivity index (χ4n) is 2.47. The SMILES string of the molecule is C[C@@H](OC(=O)[C@H]1COc2ccccc2O1)C(=O)NCCN1C(=O)CSC1=O. The molecule has 2 aliphatic rings. The number of nitrogens with one attached hydrogen (secondary N) is 1. The molecular weight excluding hydrogens is 376 g/mol. The summed E-state index contributed by atoms with van der Waals surface area (Å²) in [5, 5.41) is 2.20. The molecule has 1 saturated heterocycles. The van der Waals surface area contributed by atoms with Gasteiger partial charge in [0, 0.05) is 13.1 Å². The van der Waals surface area contributed by atoms with Crippen molar-refractivity contribution in [1.29, 1.82) is 0 Å². The van der Waals surface area contributed by atoms with Gasteiger partial charge in [-0.05, 0) is 19.1 Å². The van der Waals surface area contributed by atoms with Crippen molar-refractivity contribution in [2.75, 3.05) is 25.4 Å². The maximum Gasteiger partial charge on any atom is 0.351 e. The van der Waals surface area contributed by atoms with Gasteiger partial charge in [-0.15, -0.1) is 0 Å². The van der Waals surface area contributed by atoms with Gasteiger partial charge in [-0.3, -0.25) is 19.3 Å². The molecule has 144 valence electrons. The number of benzene rings is 1. The Labute approximate surface area is 159 Å². The molecule has 1 aromatic carbocycles. The number of para-hydroxylation sites is 2. The number of rotatable bonds is 6. The van der Waals surface area contributed by atoms with E-state index in [1.807, 2.05) is 0 Å². The van der Waals surface area contributed by atoms with E-state index in [2.05, 4.69) is 5.32 Å². The molecule has 3 amide bonds. The monoisotopic (exact) mass is 394 g/mol. The summed E-state index contributed by atoms with van der Waals surface area (Å²) >= 11 is 0.928. The molecule has 0 saturated carbocycles. The maximum absolute atomic E-state index is 12.2. The molecule has 10 heteroatoms. The fraction of sp³-hybridized carbons (Fsp3) is 0.412. The second-order valence-electron chi connectivity index (χ2n) is 5.83. The van der Waals surface area contributed by atoms with Crippen LogP contribution < -0.4 is 14.8 Å². The highest BCUT2D eigenvalue weighted by Gasteiger charge is 2.32. The van der Waals surface area contributed by atoms with Crippen LogP contribution in [-0.4, -0.2) is 65.6 Å². The third-order valence-corrected chi connectivity index (χ3v) is 4.77. The number of hydrogen-bond donors (Lipinski definition) is 1. The number of amides is 3. The predicted molar refractivity (Wildman–Crippen MR) is 94.5 cm³/mol. The Morgan fingerprint density at radius 2 is 2.07 bits per heavy atom. The van der Waals surface area contributed by atoms with Gasteiger partial charge >= 0.3 is 5.97 Å². The molecule has 2 aliphatic heterocycles. The molecule has 1 N–H and O–H groups in total. The first-order chi connectivity index (χ1) is 13.0. The van der Waals surface area contributed by atoms with E-state index in [0.29, 0.717) is 11.5 Å². The van der Waals surface area contributed by atoms with E-state index in [0.717, 1.165) is 16.7 Å². The van der Waals surface area contributed by atoms with Gasteiger partial charge < -0.3 is 19.5 Å². The van der Waals surface area contributed by atoms with E-state index in [-0.39, 0.29) is 36.6 Å². The van der Waals surface area contributed by atoms with Crippen molar-refractivity contribution >= 4 is 34.8 Å². The van der Waals surface area contributed by atoms with Crippen LogP contribution in [0.15, 0.2) is 24.3 Å². The lowest BCUT2D eigenvalue weighted by Gasteiger charge is -2.26. The van der Waals surface area contributed by atoms with Gasteiger partial charge in [-0.2, -0.15) is 0 Å². The number of fused-ring (bicyclic) bond motifs is 1. The van der Waals surface area contributed by atoms with Crippen LogP contribution in [0.1, 0.15) is 6.92 Å². The van der Waals surface area contributed by atoms with Crippen molar-refractivity contribution in [3.8, 4) is 11.5 Å². The van der Waals surface area contributed by atoms with Gasteiger partial charge in [0.25, 0.3) is 11.1 Å². The standard InChI is InChI=1S/C17H18N2O7S/c1-10(15(21)18-6-7-19-14(20)9-27-17(19)23)25-16(22)13-8-24-11-4-2-3-5-12(11)26-13/h2-5,10,13H,6-9H2,1H3,(H,18,21)/t10-,13-/m1/s1. The van der Waals surface area contributed by atoms with E-state index in [1.165, 1.54) is 6.92 Å². The summed E-state index contributed by atoms with van der Waals surface area (Å²) in [5.74, 6) is -0.445. The van der Waals surface area contributed by atoms with Crippen molar-refractivity contribution in [2.45, 2.75) is 19.1 Å². The van der Waals surface area contributed by atoms with E-state index in [1.54, 1.807) is 24.3 Å². The van der Waals surface area contributed by atoms with E-state index in [9.17, 15) is 19.2 Å². The van der Waals surface area contributed by atoms with Crippen molar-refractivity contribution < 1.29 is 33.4 Å². The average molecular weight is 394 g/mol. The largest absolute Gasteiger partial charge is 0.485 e. The fourth-order valence-corrected chi connectivity index (χ4v) is 3.22. The molecular formula is C17H18N2O7S. The first kappa shape index (κ1) is 19.0. The Morgan fingerprint density at radius 1 is 1.33 bits per heavy atom. The highest BCUT2D eigenvalue weighted by Crippen LogP contribution is 2.31. The van der Waals surface area contributed by atoms with Crippen LogP contribution in [0.3, 0.4) is 0 Å². The second-order valence-corrected chi connectivity index (χ2v) is 6.76. The predicted octanol–water partition coefficient (Wildman–Crippen LogP) is 0.570. The molecule has 0 aliphatic carbocycles. The number of nitrogens with zero attached hydrogens (tertiary/aromatic N) is 1. The van der Waals surface area contributed by atoms with Crippen LogP contribution in [0, 0.1) is 0 Å². The molecule has 3 rings (SSSR count). The minimum Gasteiger partial charge on any atom is -0.485 e. The van der Waals surface area contributed by atoms with Crippen molar-refractivity contribution in [2.24, 2.45) is 0 Å². The Bertz CT molecular complexity index is 753. The molecule has 9 nitrogen and oxygen atoms in total. The lowest BCUT2D eigenvalue weighted by Crippen LogP contribution is -2.44. The lowest BCUT2D eigenvalue weighted by molar-refractivity contribution is -0.163. The molecule has 1 aromatic rings. The molecule has 2 atom stereocenters. The van der Waals surface area contributed by atoms with Gasteiger partial charge in [0.05, 0.1) is 5.75 Å². The maximum atomic E-state index is 12.2. The zero-order chi connectivity index (χ0) is 19.4. The van der Waals surface area contributed by atoms with Crippen LogP contribution in [0.25, 0.3) is 0 Å². The number of carbonyl (C=O) groups excluding carboxylic acids is 4. The van der Waals surface area contributed by atoms with E-state index < -0.39 is 24.1 Å². The molecule has 0 bridgehead atoms. The first-order valence-electron chi connectivity index (χ1n) is 8.29. The second kappa shape index (κ2) is 8.30. The van der Waals surface area contributed by atoms with Gasteiger partial charge in [0.1, 0.15) is 6.61 Å². The normalized spacial score (nSPS) is 19.6. The number of ether oxygens (including phenoxy) is 3. The van der Waals surface area contributed by atoms with E-state index in [4.69, 9.17) is 14.2 Å². The zero-order valence-corrected chi connectivity index (χ0v) is 15.3. The molecule has 1 fully saturated rings. The molecule has 27 heavy (non-hydrogen) atoms. The first-order valence-corrected chi connectivity index (χ1v) is 9.28. The Hall–Kier alpha value is -2.75. The summed E-state index contributed by atoms with van der Waals surface area (Å²) in [6.07, 6.45) is -2.02. The summed E-state index contributed by atoms with van der Waals surface area (Å²) in [6, 6.07) is 6.93. The molecule has 0 aromatic heterocycles. The highest BCUT2D eigenvalue weighted by molar-refractivity contribution is 8.14. The summed E-state index contributed by atoms with van der Waals surface area (Å²) < 4.78 is 16.1. The Kier molecular flexibility index (Phi) is 5.84. The van der Waals surface area contributed by atoms with Crippen molar-refractivity contribution in [3.05, 3.63) is 24.3 Å². The van der Waals surface area contributed by atoms with Crippen LogP contribution in [0.5, 0.6) is 11.5 Å². The van der Waals surface area contributed by atoms with Crippen LogP contribution in [0.2, 0.25) is 0 Å². The minimum atomic E-state index is -1.06. The minimum absolute atomic E-state index is 0.0129. The van der Waals surface area contributed by atoms with Gasteiger partial charge in [0.2, 0.25) is 12.0 Å². The Morgan fingerprint density at radius 3 is 2.78 bits per heavy atom. The van der Waals surface area contributed by atoms with Crippen molar-refractivity contribution in [1.82, 2.24) is 10.2 Å². The van der Waals surface area contributed by atoms with Crippen LogP contribution in [-0.2, 0) is 19.1 Å². The smallest absolute Gasteiger partial charge is 0.351 e. The van der Waals surface area contributed by atoms with E-state index >= 15 is 0 Å². The number of esters is 1. The van der Waals surface area contributed by atoms with Crippen molar-refractivity contribution in [3.63, 3.8) is 0 Å². The molecule has 0 spiro atoms. The zero-order valence-electron chi connectivity index (χ0n) is 14.5. The topological polar surface area (TPSA) is 111 Å². The third-order valence-electron chi connectivity index (χ3n) is 3.91. The average Bonchev–Trinajstić information content (AvgIpc) is 2.99.